The maximum absolute atomic E-state index is 8.69. The van der Waals surface area contributed by atoms with Gasteiger partial charge < -0.3 is 19.7 Å². The van der Waals surface area contributed by atoms with Crippen LogP contribution in [0.3, 0.4) is 0 Å². The van der Waals surface area contributed by atoms with Gasteiger partial charge in [0.1, 0.15) is 0 Å². The lowest BCUT2D eigenvalue weighted by Gasteiger charge is -2.16. The molecule has 0 bridgehead atoms. The van der Waals surface area contributed by atoms with Crippen LogP contribution in [0.15, 0.2) is 0 Å². The van der Waals surface area contributed by atoms with Gasteiger partial charge in [-0.1, -0.05) is 0 Å². The van der Waals surface area contributed by atoms with E-state index in [1.54, 1.807) is 6.92 Å². The van der Waals surface area contributed by atoms with Crippen LogP contribution >= 0.6 is 0 Å². The van der Waals surface area contributed by atoms with E-state index in [9.17, 15) is 0 Å². The summed E-state index contributed by atoms with van der Waals surface area (Å²) < 4.78 is 10.3. The van der Waals surface area contributed by atoms with Gasteiger partial charge in [-0.2, -0.15) is 0 Å². The van der Waals surface area contributed by atoms with Crippen LogP contribution < -0.4 is 0 Å². The monoisotopic (exact) mass is 178 g/mol. The Balaban J connectivity index is 3.37. The zero-order chi connectivity index (χ0) is 9.40. The second-order valence-electron chi connectivity index (χ2n) is 2.59. The van der Waals surface area contributed by atoms with E-state index in [1.807, 2.05) is 6.92 Å². The van der Waals surface area contributed by atoms with Crippen molar-refractivity contribution in [1.82, 2.24) is 0 Å². The molecule has 0 heterocycles. The summed E-state index contributed by atoms with van der Waals surface area (Å²) in [6.45, 7) is 4.48. The lowest BCUT2D eigenvalue weighted by Crippen LogP contribution is -2.22. The van der Waals surface area contributed by atoms with Gasteiger partial charge in [0, 0.05) is 12.5 Å². The molecule has 0 saturated heterocycles. The van der Waals surface area contributed by atoms with E-state index < -0.39 is 0 Å². The average Bonchev–Trinajstić information content (AvgIpc) is 2.07. The summed E-state index contributed by atoms with van der Waals surface area (Å²) in [4.78, 5) is 0. The Morgan fingerprint density at radius 2 is 1.75 bits per heavy atom. The van der Waals surface area contributed by atoms with E-state index in [0.29, 0.717) is 13.2 Å². The maximum Gasteiger partial charge on any atom is 0.154 e. The molecule has 0 saturated carbocycles. The minimum Gasteiger partial charge on any atom is -0.396 e. The highest BCUT2D eigenvalue weighted by Gasteiger charge is 2.08. The molecule has 0 amide bonds. The van der Waals surface area contributed by atoms with Crippen LogP contribution in [0, 0.1) is 5.92 Å². The molecule has 0 aromatic carbocycles. The van der Waals surface area contributed by atoms with E-state index in [-0.39, 0.29) is 25.4 Å². The standard InChI is InChI=1S/C8H18O4/c1-3-11-7(2)12-6-8(4-9)5-10/h7-10H,3-6H2,1-2H3. The second kappa shape index (κ2) is 7.49. The zero-order valence-corrected chi connectivity index (χ0v) is 7.69. The number of aliphatic hydroxyl groups excluding tert-OH is 2. The van der Waals surface area contributed by atoms with Gasteiger partial charge in [-0.3, -0.25) is 0 Å². The third kappa shape index (κ3) is 5.49. The Bertz CT molecular complexity index is 93.1. The fourth-order valence-corrected chi connectivity index (χ4v) is 0.718. The summed E-state index contributed by atoms with van der Waals surface area (Å²) in [5.41, 5.74) is 0. The van der Waals surface area contributed by atoms with Crippen LogP contribution in [-0.4, -0.2) is 42.9 Å². The number of rotatable bonds is 7. The maximum atomic E-state index is 8.69. The largest absolute Gasteiger partial charge is 0.396 e. The first-order chi connectivity index (χ1) is 5.74. The smallest absolute Gasteiger partial charge is 0.154 e. The molecular weight excluding hydrogens is 160 g/mol. The van der Waals surface area contributed by atoms with Crippen LogP contribution in [0.2, 0.25) is 0 Å². The van der Waals surface area contributed by atoms with Gasteiger partial charge in [0.2, 0.25) is 0 Å². The molecule has 4 nitrogen and oxygen atoms in total. The topological polar surface area (TPSA) is 58.9 Å². The van der Waals surface area contributed by atoms with Crippen molar-refractivity contribution in [2.75, 3.05) is 26.4 Å². The minimum atomic E-state index is -0.268. The fourth-order valence-electron chi connectivity index (χ4n) is 0.718. The molecule has 0 aliphatic rings. The van der Waals surface area contributed by atoms with Crippen LogP contribution in [0.4, 0.5) is 0 Å². The van der Waals surface area contributed by atoms with Crippen LogP contribution in [0.25, 0.3) is 0 Å². The highest BCUT2D eigenvalue weighted by atomic mass is 16.7. The van der Waals surface area contributed by atoms with Crippen molar-refractivity contribution in [3.05, 3.63) is 0 Å². The van der Waals surface area contributed by atoms with Crippen molar-refractivity contribution < 1.29 is 19.7 Å². The van der Waals surface area contributed by atoms with Gasteiger partial charge in [-0.05, 0) is 13.8 Å². The molecular formula is C8H18O4. The van der Waals surface area contributed by atoms with Crippen molar-refractivity contribution in [2.45, 2.75) is 20.1 Å². The van der Waals surface area contributed by atoms with E-state index >= 15 is 0 Å². The molecule has 0 aromatic heterocycles. The van der Waals surface area contributed by atoms with Crippen LogP contribution in [0.5, 0.6) is 0 Å². The molecule has 0 rings (SSSR count). The van der Waals surface area contributed by atoms with Gasteiger partial charge in [-0.15, -0.1) is 0 Å². The Hall–Kier alpha value is -0.160. The summed E-state index contributed by atoms with van der Waals surface area (Å²) in [6.07, 6.45) is -0.268. The van der Waals surface area contributed by atoms with Crippen LogP contribution in [-0.2, 0) is 9.47 Å². The Morgan fingerprint density at radius 3 is 2.17 bits per heavy atom. The first-order valence-electron chi connectivity index (χ1n) is 4.19. The molecule has 74 valence electrons. The number of hydrogen-bond acceptors (Lipinski definition) is 4. The summed E-state index contributed by atoms with van der Waals surface area (Å²) in [5, 5.41) is 17.4. The third-order valence-corrected chi connectivity index (χ3v) is 1.48. The summed E-state index contributed by atoms with van der Waals surface area (Å²) in [7, 11) is 0. The number of aliphatic hydroxyl groups is 2. The molecule has 0 fully saturated rings. The minimum absolute atomic E-state index is 0.0602. The Labute approximate surface area is 73.1 Å². The SMILES string of the molecule is CCOC(C)OCC(CO)CO. The van der Waals surface area contributed by atoms with Crippen molar-refractivity contribution in [2.24, 2.45) is 5.92 Å². The average molecular weight is 178 g/mol. The Morgan fingerprint density at radius 1 is 1.17 bits per heavy atom. The Kier molecular flexibility index (Phi) is 7.39. The second-order valence-corrected chi connectivity index (χ2v) is 2.59. The van der Waals surface area contributed by atoms with Crippen molar-refractivity contribution in [3.63, 3.8) is 0 Å². The lowest BCUT2D eigenvalue weighted by molar-refractivity contribution is -0.140. The van der Waals surface area contributed by atoms with E-state index in [0.717, 1.165) is 0 Å². The van der Waals surface area contributed by atoms with Crippen molar-refractivity contribution >= 4 is 0 Å². The van der Waals surface area contributed by atoms with Gasteiger partial charge >= 0.3 is 0 Å². The van der Waals surface area contributed by atoms with Gasteiger partial charge in [-0.25, -0.2) is 0 Å². The predicted octanol–water partition coefficient (Wildman–Crippen LogP) is -0.0137. The molecule has 1 atom stereocenters. The van der Waals surface area contributed by atoms with Crippen molar-refractivity contribution in [3.8, 4) is 0 Å². The van der Waals surface area contributed by atoms with Crippen LogP contribution in [0.1, 0.15) is 13.8 Å². The summed E-state index contributed by atoms with van der Waals surface area (Å²) >= 11 is 0. The lowest BCUT2D eigenvalue weighted by atomic mass is 10.2. The first-order valence-corrected chi connectivity index (χ1v) is 4.19. The molecule has 0 aliphatic carbocycles. The van der Waals surface area contributed by atoms with Crippen molar-refractivity contribution in [1.29, 1.82) is 0 Å². The quantitative estimate of drug-likeness (QED) is 0.538. The molecule has 1 unspecified atom stereocenters. The highest BCUT2D eigenvalue weighted by Crippen LogP contribution is 1.99. The molecule has 4 heteroatoms. The van der Waals surface area contributed by atoms with Gasteiger partial charge in [0.25, 0.3) is 0 Å². The molecule has 0 aliphatic heterocycles. The molecule has 0 aromatic rings. The van der Waals surface area contributed by atoms with E-state index in [1.165, 1.54) is 0 Å². The van der Waals surface area contributed by atoms with Gasteiger partial charge in [0.15, 0.2) is 6.29 Å². The van der Waals surface area contributed by atoms with E-state index in [2.05, 4.69) is 0 Å². The fraction of sp³-hybridized carbons (Fsp3) is 1.00. The summed E-state index contributed by atoms with van der Waals surface area (Å²) in [6, 6.07) is 0. The zero-order valence-electron chi connectivity index (χ0n) is 7.69. The first kappa shape index (κ1) is 11.8. The molecule has 12 heavy (non-hydrogen) atoms. The van der Waals surface area contributed by atoms with E-state index in [4.69, 9.17) is 19.7 Å². The normalized spacial score (nSPS) is 13.8. The molecule has 0 spiro atoms. The molecule has 0 radical (unpaired) electrons. The molecule has 2 N–H and O–H groups in total. The highest BCUT2D eigenvalue weighted by molar-refractivity contribution is 4.52. The number of hydrogen-bond donors (Lipinski definition) is 2. The number of ether oxygens (including phenoxy) is 2. The van der Waals surface area contributed by atoms with Gasteiger partial charge in [0.05, 0.1) is 19.8 Å². The predicted molar refractivity (Wildman–Crippen MR) is 44.7 cm³/mol. The third-order valence-electron chi connectivity index (χ3n) is 1.48. The summed E-state index contributed by atoms with van der Waals surface area (Å²) in [5.74, 6) is -0.201.